The molecule has 1 aliphatic heterocycles. The number of nitrogens with zero attached hydrogens (tertiary/aromatic N) is 2. The third kappa shape index (κ3) is 3.25. The van der Waals surface area contributed by atoms with Gasteiger partial charge < -0.3 is 19.2 Å². The summed E-state index contributed by atoms with van der Waals surface area (Å²) in [6, 6.07) is 9.85. The Morgan fingerprint density at radius 1 is 1.19 bits per heavy atom. The van der Waals surface area contributed by atoms with Crippen molar-refractivity contribution in [3.63, 3.8) is 0 Å². The van der Waals surface area contributed by atoms with E-state index in [0.29, 0.717) is 22.3 Å². The third-order valence-corrected chi connectivity index (χ3v) is 6.41. The monoisotopic (exact) mass is 432 g/mol. The predicted octanol–water partition coefficient (Wildman–Crippen LogP) is 4.75. The zero-order valence-electron chi connectivity index (χ0n) is 17.8. The number of ketones is 1. The fourth-order valence-electron chi connectivity index (χ4n) is 4.90. The smallest absolute Gasteiger partial charge is 0.290 e. The van der Waals surface area contributed by atoms with Crippen molar-refractivity contribution in [1.29, 1.82) is 0 Å². The van der Waals surface area contributed by atoms with Gasteiger partial charge in [-0.1, -0.05) is 37.5 Å². The molecule has 0 radical (unpaired) electrons. The lowest BCUT2D eigenvalue weighted by Crippen LogP contribution is -2.41. The highest BCUT2D eigenvalue weighted by atomic mass is 16.5. The summed E-state index contributed by atoms with van der Waals surface area (Å²) in [6.07, 6.45) is 8.13. The van der Waals surface area contributed by atoms with E-state index >= 15 is 0 Å². The minimum Gasteiger partial charge on any atom is -0.503 e. The van der Waals surface area contributed by atoms with Gasteiger partial charge in [0.15, 0.2) is 22.9 Å². The van der Waals surface area contributed by atoms with Gasteiger partial charge in [-0.25, -0.2) is 0 Å². The van der Waals surface area contributed by atoms with E-state index in [0.717, 1.165) is 32.1 Å². The van der Waals surface area contributed by atoms with E-state index in [2.05, 4.69) is 4.98 Å². The molecule has 1 unspecified atom stereocenters. The molecule has 7 nitrogen and oxygen atoms in total. The van der Waals surface area contributed by atoms with E-state index < -0.39 is 23.5 Å². The van der Waals surface area contributed by atoms with Crippen molar-refractivity contribution in [3.05, 3.63) is 71.4 Å². The summed E-state index contributed by atoms with van der Waals surface area (Å²) in [5, 5.41) is 11.6. The second kappa shape index (κ2) is 8.15. The maximum atomic E-state index is 13.6. The van der Waals surface area contributed by atoms with Crippen molar-refractivity contribution in [3.8, 4) is 5.75 Å². The molecule has 3 aromatic rings. The summed E-state index contributed by atoms with van der Waals surface area (Å²) >= 11 is 0. The largest absolute Gasteiger partial charge is 0.503 e. The number of aliphatic hydroxyl groups is 1. The molecule has 2 aromatic heterocycles. The van der Waals surface area contributed by atoms with Crippen LogP contribution in [0.1, 0.15) is 54.3 Å². The molecule has 1 saturated carbocycles. The fourth-order valence-corrected chi connectivity index (χ4v) is 4.90. The maximum absolute atomic E-state index is 13.6. The third-order valence-electron chi connectivity index (χ3n) is 6.41. The van der Waals surface area contributed by atoms with E-state index in [-0.39, 0.29) is 17.4 Å². The number of Topliss-reactive ketones (excluding diaryl/α,β-unsaturated/α-hetero) is 1. The molecule has 1 aliphatic carbocycles. The van der Waals surface area contributed by atoms with E-state index in [9.17, 15) is 14.7 Å². The van der Waals surface area contributed by atoms with Crippen molar-refractivity contribution in [1.82, 2.24) is 9.88 Å². The lowest BCUT2D eigenvalue weighted by Gasteiger charge is -2.36. The van der Waals surface area contributed by atoms with Gasteiger partial charge in [-0.05, 0) is 36.6 Å². The lowest BCUT2D eigenvalue weighted by atomic mass is 9.90. The molecule has 0 saturated heterocycles. The molecule has 2 aliphatic rings. The van der Waals surface area contributed by atoms with Crippen LogP contribution in [0.2, 0.25) is 0 Å². The van der Waals surface area contributed by atoms with E-state index in [1.807, 2.05) is 18.2 Å². The molecule has 1 aromatic carbocycles. The summed E-state index contributed by atoms with van der Waals surface area (Å²) in [6.45, 7) is 0. The van der Waals surface area contributed by atoms with Crippen LogP contribution in [-0.4, -0.2) is 39.8 Å². The lowest BCUT2D eigenvalue weighted by molar-refractivity contribution is -0.132. The Kier molecular flexibility index (Phi) is 5.17. The standard InChI is InChI=1S/C25H24N2O5/c1-31-18-11-5-7-15-13-19(32-24(15)18)22(28)20-21(16-8-6-12-26-14-16)27(25(30)23(20)29)17-9-3-2-4-10-17/h5-8,11-14,17,21,29H,2-4,9-10H2,1H3. The minimum absolute atomic E-state index is 0.0339. The Morgan fingerprint density at radius 2 is 2.00 bits per heavy atom. The van der Waals surface area contributed by atoms with Crippen LogP contribution in [0.5, 0.6) is 5.75 Å². The highest BCUT2D eigenvalue weighted by molar-refractivity contribution is 6.16. The molecule has 164 valence electrons. The summed E-state index contributed by atoms with van der Waals surface area (Å²) in [5.74, 6) is -0.973. The average molecular weight is 432 g/mol. The van der Waals surface area contributed by atoms with E-state index in [1.165, 1.54) is 7.11 Å². The van der Waals surface area contributed by atoms with Gasteiger partial charge in [0.05, 0.1) is 18.7 Å². The van der Waals surface area contributed by atoms with Crippen LogP contribution >= 0.6 is 0 Å². The number of amides is 1. The maximum Gasteiger partial charge on any atom is 0.290 e. The summed E-state index contributed by atoms with van der Waals surface area (Å²) < 4.78 is 11.2. The predicted molar refractivity (Wildman–Crippen MR) is 117 cm³/mol. The Bertz CT molecular complexity index is 1210. The van der Waals surface area contributed by atoms with Crippen molar-refractivity contribution in [2.24, 2.45) is 0 Å². The second-order valence-electron chi connectivity index (χ2n) is 8.27. The summed E-state index contributed by atoms with van der Waals surface area (Å²) in [5.41, 5.74) is 1.17. The van der Waals surface area contributed by atoms with Crippen molar-refractivity contribution in [2.75, 3.05) is 7.11 Å². The zero-order chi connectivity index (χ0) is 22.2. The number of hydrogen-bond donors (Lipinski definition) is 1. The minimum atomic E-state index is -0.707. The molecule has 1 amide bonds. The van der Waals surface area contributed by atoms with Crippen molar-refractivity contribution in [2.45, 2.75) is 44.2 Å². The van der Waals surface area contributed by atoms with Crippen LogP contribution in [0.3, 0.4) is 0 Å². The van der Waals surface area contributed by atoms with E-state index in [4.69, 9.17) is 9.15 Å². The number of aromatic nitrogens is 1. The topological polar surface area (TPSA) is 92.9 Å². The van der Waals surface area contributed by atoms with Crippen LogP contribution in [0.25, 0.3) is 11.0 Å². The van der Waals surface area contributed by atoms with Gasteiger partial charge in [-0.2, -0.15) is 0 Å². The number of rotatable bonds is 5. The number of carbonyl (C=O) groups excluding carboxylic acids is 2. The number of furan rings is 1. The molecule has 1 fully saturated rings. The highest BCUT2D eigenvalue weighted by Crippen LogP contribution is 2.43. The number of carbonyl (C=O) groups is 2. The van der Waals surface area contributed by atoms with Gasteiger partial charge in [0.1, 0.15) is 0 Å². The van der Waals surface area contributed by atoms with E-state index in [1.54, 1.807) is 35.5 Å². The number of benzene rings is 1. The molecule has 5 rings (SSSR count). The summed E-state index contributed by atoms with van der Waals surface area (Å²) in [4.78, 5) is 32.7. The van der Waals surface area contributed by atoms with Gasteiger partial charge >= 0.3 is 0 Å². The van der Waals surface area contributed by atoms with Gasteiger partial charge in [-0.3, -0.25) is 14.6 Å². The van der Waals surface area contributed by atoms with Crippen molar-refractivity contribution >= 4 is 22.7 Å². The first-order chi connectivity index (χ1) is 15.6. The first-order valence-corrected chi connectivity index (χ1v) is 10.9. The summed E-state index contributed by atoms with van der Waals surface area (Å²) in [7, 11) is 1.53. The SMILES string of the molecule is COc1cccc2cc(C(=O)C3=C(O)C(=O)N(C4CCCCC4)C3c3cccnc3)oc12. The molecule has 32 heavy (non-hydrogen) atoms. The van der Waals surface area contributed by atoms with Crippen LogP contribution in [-0.2, 0) is 4.79 Å². The number of ether oxygens (including phenoxy) is 1. The second-order valence-corrected chi connectivity index (χ2v) is 8.27. The fraction of sp³-hybridized carbons (Fsp3) is 0.320. The number of pyridine rings is 1. The molecular formula is C25H24N2O5. The molecule has 3 heterocycles. The zero-order valence-corrected chi connectivity index (χ0v) is 17.8. The van der Waals surface area contributed by atoms with Gasteiger partial charge in [-0.15, -0.1) is 0 Å². The number of methoxy groups -OCH3 is 1. The molecule has 0 bridgehead atoms. The van der Waals surface area contributed by atoms with Crippen LogP contribution in [0.4, 0.5) is 0 Å². The molecule has 1 atom stereocenters. The highest BCUT2D eigenvalue weighted by Gasteiger charge is 2.47. The number of aliphatic hydroxyl groups excluding tert-OH is 1. The molecule has 0 spiro atoms. The molecular weight excluding hydrogens is 408 g/mol. The van der Waals surface area contributed by atoms with Crippen LogP contribution in [0, 0.1) is 0 Å². The average Bonchev–Trinajstić information content (AvgIpc) is 3.39. The Labute approximate surface area is 185 Å². The Hall–Kier alpha value is -3.61. The number of hydrogen-bond acceptors (Lipinski definition) is 6. The van der Waals surface area contributed by atoms with Gasteiger partial charge in [0.2, 0.25) is 5.78 Å². The quantitative estimate of drug-likeness (QED) is 0.585. The molecule has 7 heteroatoms. The number of fused-ring (bicyclic) bond motifs is 1. The first-order valence-electron chi connectivity index (χ1n) is 10.9. The van der Waals surface area contributed by atoms with Crippen LogP contribution < -0.4 is 4.74 Å². The van der Waals surface area contributed by atoms with Gasteiger partial charge in [0.25, 0.3) is 5.91 Å². The number of para-hydroxylation sites is 1. The van der Waals surface area contributed by atoms with Crippen molar-refractivity contribution < 1.29 is 23.8 Å². The first kappa shape index (κ1) is 20.3. The Balaban J connectivity index is 1.60. The molecule has 1 N–H and O–H groups in total. The van der Waals surface area contributed by atoms with Crippen LogP contribution in [0.15, 0.2) is 64.5 Å². The normalized spacial score (nSPS) is 19.7. The van der Waals surface area contributed by atoms with Gasteiger partial charge in [0, 0.05) is 23.8 Å². The Morgan fingerprint density at radius 3 is 2.72 bits per heavy atom.